The SMILES string of the molecule is COc1cc(C)c([C@H](N)CN)c(OC)c1. The maximum Gasteiger partial charge on any atom is 0.127 e. The quantitative estimate of drug-likeness (QED) is 0.777. The molecule has 0 aromatic heterocycles. The van der Waals surface area contributed by atoms with E-state index in [0.29, 0.717) is 6.54 Å². The molecule has 0 aliphatic rings. The van der Waals surface area contributed by atoms with Crippen molar-refractivity contribution in [1.82, 2.24) is 0 Å². The number of benzene rings is 1. The van der Waals surface area contributed by atoms with Crippen molar-refractivity contribution in [1.29, 1.82) is 0 Å². The van der Waals surface area contributed by atoms with E-state index in [1.165, 1.54) is 0 Å². The topological polar surface area (TPSA) is 70.5 Å². The molecule has 0 saturated carbocycles. The molecule has 1 aromatic carbocycles. The van der Waals surface area contributed by atoms with Crippen LogP contribution in [0.15, 0.2) is 12.1 Å². The smallest absolute Gasteiger partial charge is 0.127 e. The lowest BCUT2D eigenvalue weighted by molar-refractivity contribution is 0.388. The predicted molar refractivity (Wildman–Crippen MR) is 60.3 cm³/mol. The molecule has 0 spiro atoms. The molecule has 0 saturated heterocycles. The molecule has 1 aromatic rings. The van der Waals surface area contributed by atoms with Crippen LogP contribution < -0.4 is 20.9 Å². The number of hydrogen-bond donors (Lipinski definition) is 2. The highest BCUT2D eigenvalue weighted by Gasteiger charge is 2.14. The van der Waals surface area contributed by atoms with E-state index in [-0.39, 0.29) is 6.04 Å². The predicted octanol–water partition coefficient (Wildman–Crippen LogP) is 0.971. The average molecular weight is 210 g/mol. The summed E-state index contributed by atoms with van der Waals surface area (Å²) in [7, 11) is 3.23. The van der Waals surface area contributed by atoms with Gasteiger partial charge in [0, 0.05) is 24.2 Å². The number of nitrogens with two attached hydrogens (primary N) is 2. The fourth-order valence-corrected chi connectivity index (χ4v) is 1.61. The Morgan fingerprint density at radius 1 is 1.27 bits per heavy atom. The van der Waals surface area contributed by atoms with Crippen LogP contribution in [-0.4, -0.2) is 20.8 Å². The van der Waals surface area contributed by atoms with Gasteiger partial charge in [0.2, 0.25) is 0 Å². The highest BCUT2D eigenvalue weighted by atomic mass is 16.5. The van der Waals surface area contributed by atoms with Crippen LogP contribution in [0.25, 0.3) is 0 Å². The molecule has 4 nitrogen and oxygen atoms in total. The van der Waals surface area contributed by atoms with Crippen LogP contribution in [0.4, 0.5) is 0 Å². The summed E-state index contributed by atoms with van der Waals surface area (Å²) >= 11 is 0. The largest absolute Gasteiger partial charge is 0.497 e. The van der Waals surface area contributed by atoms with Crippen LogP contribution in [-0.2, 0) is 0 Å². The number of rotatable bonds is 4. The average Bonchev–Trinajstić information content (AvgIpc) is 2.26. The zero-order valence-corrected chi connectivity index (χ0v) is 9.41. The standard InChI is InChI=1S/C11H18N2O2/c1-7-4-8(14-2)5-10(15-3)11(7)9(13)6-12/h4-5,9H,6,12-13H2,1-3H3/t9-/m1/s1. The van der Waals surface area contributed by atoms with E-state index in [1.807, 2.05) is 19.1 Å². The first-order chi connectivity index (χ1) is 7.13. The summed E-state index contributed by atoms with van der Waals surface area (Å²) in [5.41, 5.74) is 13.4. The van der Waals surface area contributed by atoms with Crippen LogP contribution >= 0.6 is 0 Å². The first kappa shape index (κ1) is 11.8. The van der Waals surface area contributed by atoms with Crippen LogP contribution in [0.2, 0.25) is 0 Å². The van der Waals surface area contributed by atoms with Gasteiger partial charge in [-0.2, -0.15) is 0 Å². The van der Waals surface area contributed by atoms with Gasteiger partial charge in [-0.15, -0.1) is 0 Å². The van der Waals surface area contributed by atoms with Crippen molar-refractivity contribution >= 4 is 0 Å². The Morgan fingerprint density at radius 2 is 1.93 bits per heavy atom. The lowest BCUT2D eigenvalue weighted by Crippen LogP contribution is -2.22. The Morgan fingerprint density at radius 3 is 2.40 bits per heavy atom. The second-order valence-electron chi connectivity index (χ2n) is 3.40. The second-order valence-corrected chi connectivity index (χ2v) is 3.40. The Balaban J connectivity index is 3.24. The molecule has 1 rings (SSSR count). The molecule has 1 atom stereocenters. The monoisotopic (exact) mass is 210 g/mol. The molecule has 0 unspecified atom stereocenters. The van der Waals surface area contributed by atoms with Crippen molar-refractivity contribution in [3.05, 3.63) is 23.3 Å². The van der Waals surface area contributed by atoms with Gasteiger partial charge in [-0.1, -0.05) is 0 Å². The number of hydrogen-bond acceptors (Lipinski definition) is 4. The molecule has 0 aliphatic carbocycles. The van der Waals surface area contributed by atoms with Crippen molar-refractivity contribution in [2.45, 2.75) is 13.0 Å². The minimum atomic E-state index is -0.203. The van der Waals surface area contributed by atoms with Crippen molar-refractivity contribution in [3.63, 3.8) is 0 Å². The van der Waals surface area contributed by atoms with Gasteiger partial charge in [-0.05, 0) is 18.6 Å². The van der Waals surface area contributed by atoms with E-state index in [9.17, 15) is 0 Å². The lowest BCUT2D eigenvalue weighted by Gasteiger charge is -2.17. The Bertz CT molecular complexity index is 340. The van der Waals surface area contributed by atoms with E-state index in [2.05, 4.69) is 0 Å². The third kappa shape index (κ3) is 2.40. The van der Waals surface area contributed by atoms with E-state index in [4.69, 9.17) is 20.9 Å². The van der Waals surface area contributed by atoms with Crippen molar-refractivity contribution < 1.29 is 9.47 Å². The molecule has 4 heteroatoms. The maximum atomic E-state index is 5.92. The van der Waals surface area contributed by atoms with Gasteiger partial charge in [-0.25, -0.2) is 0 Å². The number of aryl methyl sites for hydroxylation is 1. The Hall–Kier alpha value is -1.26. The van der Waals surface area contributed by atoms with Gasteiger partial charge < -0.3 is 20.9 Å². The molecule has 0 heterocycles. The Kier molecular flexibility index (Phi) is 3.94. The fraction of sp³-hybridized carbons (Fsp3) is 0.455. The molecular weight excluding hydrogens is 192 g/mol. The van der Waals surface area contributed by atoms with Crippen LogP contribution in [0.1, 0.15) is 17.2 Å². The van der Waals surface area contributed by atoms with E-state index < -0.39 is 0 Å². The summed E-state index contributed by atoms with van der Waals surface area (Å²) in [4.78, 5) is 0. The summed E-state index contributed by atoms with van der Waals surface area (Å²) in [5.74, 6) is 1.49. The van der Waals surface area contributed by atoms with Gasteiger partial charge in [0.05, 0.1) is 14.2 Å². The molecular formula is C11H18N2O2. The third-order valence-corrected chi connectivity index (χ3v) is 2.40. The Labute approximate surface area is 90.2 Å². The molecule has 0 radical (unpaired) electrons. The van der Waals surface area contributed by atoms with Gasteiger partial charge in [0.25, 0.3) is 0 Å². The zero-order valence-electron chi connectivity index (χ0n) is 9.41. The molecule has 15 heavy (non-hydrogen) atoms. The lowest BCUT2D eigenvalue weighted by atomic mass is 10.0. The van der Waals surface area contributed by atoms with Crippen molar-refractivity contribution in [2.75, 3.05) is 20.8 Å². The second kappa shape index (κ2) is 5.00. The van der Waals surface area contributed by atoms with Gasteiger partial charge in [0.1, 0.15) is 11.5 Å². The van der Waals surface area contributed by atoms with Crippen LogP contribution in [0.5, 0.6) is 11.5 Å². The van der Waals surface area contributed by atoms with Crippen LogP contribution in [0, 0.1) is 6.92 Å². The fourth-order valence-electron chi connectivity index (χ4n) is 1.61. The highest BCUT2D eigenvalue weighted by molar-refractivity contribution is 5.47. The minimum Gasteiger partial charge on any atom is -0.497 e. The normalized spacial score (nSPS) is 12.3. The summed E-state index contributed by atoms with van der Waals surface area (Å²) in [6, 6.07) is 3.54. The summed E-state index contributed by atoms with van der Waals surface area (Å²) in [6.07, 6.45) is 0. The zero-order chi connectivity index (χ0) is 11.4. The molecule has 0 aliphatic heterocycles. The molecule has 0 amide bonds. The third-order valence-electron chi connectivity index (χ3n) is 2.40. The molecule has 4 N–H and O–H groups in total. The van der Waals surface area contributed by atoms with E-state index >= 15 is 0 Å². The summed E-state index contributed by atoms with van der Waals surface area (Å²) < 4.78 is 10.4. The maximum absolute atomic E-state index is 5.92. The first-order valence-electron chi connectivity index (χ1n) is 4.82. The molecule has 0 fully saturated rings. The van der Waals surface area contributed by atoms with Gasteiger partial charge in [-0.3, -0.25) is 0 Å². The van der Waals surface area contributed by atoms with Crippen molar-refractivity contribution in [2.24, 2.45) is 11.5 Å². The van der Waals surface area contributed by atoms with Crippen molar-refractivity contribution in [3.8, 4) is 11.5 Å². The molecule has 0 bridgehead atoms. The van der Waals surface area contributed by atoms with E-state index in [0.717, 1.165) is 22.6 Å². The number of methoxy groups -OCH3 is 2. The summed E-state index contributed by atoms with van der Waals surface area (Å²) in [6.45, 7) is 2.36. The minimum absolute atomic E-state index is 0.203. The first-order valence-corrected chi connectivity index (χ1v) is 4.82. The summed E-state index contributed by atoms with van der Waals surface area (Å²) in [5, 5.41) is 0. The van der Waals surface area contributed by atoms with Gasteiger partial charge >= 0.3 is 0 Å². The number of ether oxygens (including phenoxy) is 2. The molecule has 84 valence electrons. The van der Waals surface area contributed by atoms with Gasteiger partial charge in [0.15, 0.2) is 0 Å². The highest BCUT2D eigenvalue weighted by Crippen LogP contribution is 2.31. The van der Waals surface area contributed by atoms with Crippen LogP contribution in [0.3, 0.4) is 0 Å². The van der Waals surface area contributed by atoms with E-state index in [1.54, 1.807) is 14.2 Å².